The fourth-order valence-corrected chi connectivity index (χ4v) is 8.80. The second kappa shape index (κ2) is 11.3. The zero-order valence-corrected chi connectivity index (χ0v) is 25.1. The van der Waals surface area contributed by atoms with Gasteiger partial charge in [-0.1, -0.05) is 36.7 Å². The van der Waals surface area contributed by atoms with Crippen LogP contribution in [-0.4, -0.2) is 50.5 Å². The molecule has 1 amide bonds. The molecule has 0 radical (unpaired) electrons. The summed E-state index contributed by atoms with van der Waals surface area (Å²) in [5.74, 6) is 0.559. The first-order chi connectivity index (χ1) is 19.7. The first-order valence-electron chi connectivity index (χ1n) is 14.9. The number of anilines is 1. The summed E-state index contributed by atoms with van der Waals surface area (Å²) in [5.41, 5.74) is 3.35. The van der Waals surface area contributed by atoms with Crippen molar-refractivity contribution in [1.29, 1.82) is 0 Å². The molecule has 2 bridgehead atoms. The maximum absolute atomic E-state index is 13.3. The molecule has 1 spiro atoms. The molecule has 2 N–H and O–H groups in total. The number of allylic oxidation sites excluding steroid dienone is 1. The molecular formula is C32H39ClN2O5S. The molecule has 2 aliphatic heterocycles. The quantitative estimate of drug-likeness (QED) is 0.428. The van der Waals surface area contributed by atoms with Gasteiger partial charge in [-0.25, -0.2) is 13.1 Å². The topological polar surface area (TPSA) is 95.9 Å². The van der Waals surface area contributed by atoms with Gasteiger partial charge in [-0.15, -0.1) is 0 Å². The predicted octanol–water partition coefficient (Wildman–Crippen LogP) is 5.39. The number of aliphatic hydroxyl groups excluding tert-OH is 1. The summed E-state index contributed by atoms with van der Waals surface area (Å²) < 4.78 is 35.1. The molecule has 0 saturated heterocycles. The van der Waals surface area contributed by atoms with E-state index in [9.17, 15) is 18.3 Å². The Bertz CT molecular complexity index is 1460. The van der Waals surface area contributed by atoms with Crippen molar-refractivity contribution in [3.63, 3.8) is 0 Å². The van der Waals surface area contributed by atoms with Gasteiger partial charge in [0.05, 0.1) is 23.6 Å². The molecule has 2 aromatic rings. The van der Waals surface area contributed by atoms with E-state index in [-0.39, 0.29) is 16.9 Å². The third kappa shape index (κ3) is 5.51. The van der Waals surface area contributed by atoms with Crippen LogP contribution < -0.4 is 14.4 Å². The number of carbonyl (C=O) groups is 1. The molecule has 220 valence electrons. The van der Waals surface area contributed by atoms with Crippen LogP contribution in [0, 0.1) is 11.8 Å². The third-order valence-corrected chi connectivity index (χ3v) is 11.7. The standard InChI is InChI=1S/C32H39ClN2O5S/c1-2-25-7-3-4-8-29(36)26-12-9-23(26)18-35-19-32(15-5-6-21-16-24(33)11-13-27(21)32)20-40-30-14-10-22(17-28(30)35)31(37)34-41(25,38)39/h3,7,10-11,13-14,16-17,23,25-26,29,36H,2,4-6,8-9,12,15,18-20H2,1H3,(H,34,37)/b7-3-/t23-,25+,26+,29-,32-/m0/s1. The van der Waals surface area contributed by atoms with Gasteiger partial charge in [0.1, 0.15) is 5.75 Å². The van der Waals surface area contributed by atoms with Gasteiger partial charge in [0.25, 0.3) is 5.91 Å². The SMILES string of the molecule is CC[C@@H]1/C=C\CC[C@H](O)[C@@H]2CC[C@H]2CN2C[C@@]3(CCCc4cc(Cl)ccc43)COc3ccc(cc32)C(=O)NS1(=O)=O. The Kier molecular flexibility index (Phi) is 7.85. The fourth-order valence-electron chi connectivity index (χ4n) is 7.32. The van der Waals surface area contributed by atoms with Crippen molar-refractivity contribution in [1.82, 2.24) is 4.72 Å². The Morgan fingerprint density at radius 1 is 1.17 bits per heavy atom. The number of sulfonamides is 1. The molecule has 0 aromatic heterocycles. The molecule has 1 fully saturated rings. The molecular weight excluding hydrogens is 560 g/mol. The Labute approximate surface area is 248 Å². The number of ether oxygens (including phenoxy) is 1. The van der Waals surface area contributed by atoms with Crippen LogP contribution in [0.2, 0.25) is 5.02 Å². The lowest BCUT2D eigenvalue weighted by Gasteiger charge is -2.45. The number of benzene rings is 2. The molecule has 41 heavy (non-hydrogen) atoms. The van der Waals surface area contributed by atoms with E-state index in [0.717, 1.165) is 49.4 Å². The summed E-state index contributed by atoms with van der Waals surface area (Å²) in [6.45, 7) is 3.74. The van der Waals surface area contributed by atoms with Crippen LogP contribution in [-0.2, 0) is 21.9 Å². The highest BCUT2D eigenvalue weighted by molar-refractivity contribution is 7.90. The number of hydrogen-bond acceptors (Lipinski definition) is 6. The van der Waals surface area contributed by atoms with Gasteiger partial charge in [-0.05, 0) is 105 Å². The highest BCUT2D eigenvalue weighted by atomic mass is 35.5. The van der Waals surface area contributed by atoms with E-state index < -0.39 is 27.3 Å². The number of fused-ring (bicyclic) bond motifs is 4. The van der Waals surface area contributed by atoms with Crippen molar-refractivity contribution in [3.8, 4) is 5.75 Å². The number of halogens is 1. The minimum absolute atomic E-state index is 0.189. The lowest BCUT2D eigenvalue weighted by Crippen LogP contribution is -2.49. The van der Waals surface area contributed by atoms with Crippen LogP contribution in [0.15, 0.2) is 48.6 Å². The van der Waals surface area contributed by atoms with Crippen molar-refractivity contribution in [2.45, 2.75) is 75.1 Å². The summed E-state index contributed by atoms with van der Waals surface area (Å²) in [6.07, 6.45) is 9.55. The predicted molar refractivity (Wildman–Crippen MR) is 161 cm³/mol. The van der Waals surface area contributed by atoms with Crippen LogP contribution in [0.3, 0.4) is 0 Å². The number of aryl methyl sites for hydroxylation is 1. The van der Waals surface area contributed by atoms with Gasteiger partial charge in [0.2, 0.25) is 10.0 Å². The average molecular weight is 599 g/mol. The molecule has 0 unspecified atom stereocenters. The molecule has 7 nitrogen and oxygen atoms in total. The summed E-state index contributed by atoms with van der Waals surface area (Å²) in [5, 5.41) is 11.0. The molecule has 1 saturated carbocycles. The molecule has 5 atom stereocenters. The number of carbonyl (C=O) groups excluding carboxylic acids is 1. The maximum atomic E-state index is 13.3. The number of nitrogens with zero attached hydrogens (tertiary/aromatic N) is 1. The molecule has 9 heteroatoms. The van der Waals surface area contributed by atoms with E-state index >= 15 is 0 Å². The lowest BCUT2D eigenvalue weighted by molar-refractivity contribution is 0.0111. The number of amides is 1. The van der Waals surface area contributed by atoms with Gasteiger partial charge in [-0.2, -0.15) is 0 Å². The smallest absolute Gasteiger partial charge is 0.264 e. The number of aliphatic hydroxyl groups is 1. The van der Waals surface area contributed by atoms with Crippen molar-refractivity contribution < 1.29 is 23.1 Å². The largest absolute Gasteiger partial charge is 0.490 e. The van der Waals surface area contributed by atoms with E-state index in [0.29, 0.717) is 44.1 Å². The first kappa shape index (κ1) is 28.6. The minimum atomic E-state index is -3.93. The second-order valence-electron chi connectivity index (χ2n) is 12.3. The highest BCUT2D eigenvalue weighted by Gasteiger charge is 2.44. The minimum Gasteiger partial charge on any atom is -0.490 e. The van der Waals surface area contributed by atoms with Crippen LogP contribution in [0.25, 0.3) is 0 Å². The fraction of sp³-hybridized carbons (Fsp3) is 0.531. The van der Waals surface area contributed by atoms with Gasteiger partial charge in [0, 0.05) is 29.1 Å². The second-order valence-corrected chi connectivity index (χ2v) is 14.6. The van der Waals surface area contributed by atoms with Gasteiger partial charge >= 0.3 is 0 Å². The third-order valence-electron chi connectivity index (χ3n) is 9.74. The molecule has 2 aromatic carbocycles. The number of nitrogens with one attached hydrogen (secondary N) is 1. The number of hydrogen-bond donors (Lipinski definition) is 2. The van der Waals surface area contributed by atoms with Crippen molar-refractivity contribution in [3.05, 3.63) is 70.3 Å². The van der Waals surface area contributed by atoms with Crippen LogP contribution in [0.4, 0.5) is 5.69 Å². The maximum Gasteiger partial charge on any atom is 0.264 e. The summed E-state index contributed by atoms with van der Waals surface area (Å²) >= 11 is 6.38. The molecule has 2 heterocycles. The Morgan fingerprint density at radius 3 is 2.80 bits per heavy atom. The monoisotopic (exact) mass is 598 g/mol. The van der Waals surface area contributed by atoms with Gasteiger partial charge in [-0.3, -0.25) is 4.79 Å². The van der Waals surface area contributed by atoms with E-state index in [4.69, 9.17) is 16.3 Å². The zero-order valence-electron chi connectivity index (χ0n) is 23.5. The Morgan fingerprint density at radius 2 is 2.02 bits per heavy atom. The summed E-state index contributed by atoms with van der Waals surface area (Å²) in [6, 6.07) is 11.4. The Balaban J connectivity index is 1.42. The number of rotatable bonds is 1. The molecule has 6 rings (SSSR count). The summed E-state index contributed by atoms with van der Waals surface area (Å²) in [4.78, 5) is 15.6. The van der Waals surface area contributed by atoms with E-state index in [1.165, 1.54) is 11.1 Å². The Hall–Kier alpha value is -2.55. The van der Waals surface area contributed by atoms with E-state index in [1.54, 1.807) is 31.2 Å². The van der Waals surface area contributed by atoms with E-state index in [1.807, 2.05) is 12.1 Å². The van der Waals surface area contributed by atoms with Crippen molar-refractivity contribution in [2.75, 3.05) is 24.6 Å². The van der Waals surface area contributed by atoms with Gasteiger partial charge in [0.15, 0.2) is 0 Å². The van der Waals surface area contributed by atoms with E-state index in [2.05, 4.69) is 21.8 Å². The highest BCUT2D eigenvalue weighted by Crippen LogP contribution is 2.47. The summed E-state index contributed by atoms with van der Waals surface area (Å²) in [7, 11) is -3.93. The van der Waals surface area contributed by atoms with Crippen molar-refractivity contribution >= 4 is 33.2 Å². The normalized spacial score (nSPS) is 32.0. The van der Waals surface area contributed by atoms with Crippen LogP contribution in [0.5, 0.6) is 5.75 Å². The van der Waals surface area contributed by atoms with Crippen molar-refractivity contribution in [2.24, 2.45) is 11.8 Å². The first-order valence-corrected chi connectivity index (χ1v) is 16.8. The zero-order chi connectivity index (χ0) is 28.8. The van der Waals surface area contributed by atoms with Crippen LogP contribution in [0.1, 0.15) is 73.4 Å². The van der Waals surface area contributed by atoms with Gasteiger partial charge < -0.3 is 14.7 Å². The lowest BCUT2D eigenvalue weighted by atomic mass is 9.68. The molecule has 2 aliphatic carbocycles. The average Bonchev–Trinajstić information content (AvgIpc) is 3.07. The van der Waals surface area contributed by atoms with Crippen LogP contribution >= 0.6 is 11.6 Å². The molecule has 4 aliphatic rings.